The molecule has 0 radical (unpaired) electrons. The van der Waals surface area contributed by atoms with E-state index in [2.05, 4.69) is 10.3 Å². The fourth-order valence-corrected chi connectivity index (χ4v) is 2.08. The normalized spacial score (nSPS) is 11.9. The lowest BCUT2D eigenvalue weighted by Gasteiger charge is -2.14. The molecule has 98 valence electrons. The van der Waals surface area contributed by atoms with Crippen LogP contribution in [0.2, 0.25) is 5.15 Å². The first kappa shape index (κ1) is 13.6. The monoisotopic (exact) mass is 274 g/mol. The molecule has 0 saturated carbocycles. The molecule has 1 amide bonds. The highest BCUT2D eigenvalue weighted by molar-refractivity contribution is 6.32. The van der Waals surface area contributed by atoms with Crippen molar-refractivity contribution in [2.75, 3.05) is 0 Å². The van der Waals surface area contributed by atoms with Crippen LogP contribution >= 0.6 is 11.6 Å². The predicted octanol–water partition coefficient (Wildman–Crippen LogP) is 3.53. The summed E-state index contributed by atoms with van der Waals surface area (Å²) in [6.45, 7) is 3.77. The molecule has 0 spiro atoms. The van der Waals surface area contributed by atoms with Gasteiger partial charge in [0.25, 0.3) is 5.91 Å². The van der Waals surface area contributed by atoms with Crippen LogP contribution in [-0.4, -0.2) is 10.9 Å². The average molecular weight is 275 g/mol. The molecule has 3 nitrogen and oxygen atoms in total. The number of nitrogens with zero attached hydrogens (tertiary/aromatic N) is 1. The van der Waals surface area contributed by atoms with Crippen molar-refractivity contribution < 1.29 is 4.79 Å². The Kier molecular flexibility index (Phi) is 4.17. The van der Waals surface area contributed by atoms with E-state index in [-0.39, 0.29) is 17.1 Å². The minimum absolute atomic E-state index is 0.0777. The number of halogens is 1. The lowest BCUT2D eigenvalue weighted by molar-refractivity contribution is 0.0939. The molecule has 1 aromatic heterocycles. The summed E-state index contributed by atoms with van der Waals surface area (Å²) in [6, 6.07) is 13.2. The number of aryl methyl sites for hydroxylation is 1. The highest BCUT2D eigenvalue weighted by Gasteiger charge is 2.14. The van der Waals surface area contributed by atoms with Gasteiger partial charge in [-0.15, -0.1) is 0 Å². The lowest BCUT2D eigenvalue weighted by atomic mass is 10.1. The smallest absolute Gasteiger partial charge is 0.254 e. The van der Waals surface area contributed by atoms with Gasteiger partial charge in [0, 0.05) is 5.69 Å². The van der Waals surface area contributed by atoms with Crippen molar-refractivity contribution in [1.82, 2.24) is 10.3 Å². The maximum absolute atomic E-state index is 12.1. The molecule has 1 aromatic carbocycles. The summed E-state index contributed by atoms with van der Waals surface area (Å²) in [5, 5.41) is 3.14. The quantitative estimate of drug-likeness (QED) is 0.870. The summed E-state index contributed by atoms with van der Waals surface area (Å²) >= 11 is 5.98. The van der Waals surface area contributed by atoms with E-state index in [0.717, 1.165) is 11.3 Å². The minimum atomic E-state index is -0.214. The number of amides is 1. The van der Waals surface area contributed by atoms with Gasteiger partial charge in [0.1, 0.15) is 5.15 Å². The van der Waals surface area contributed by atoms with E-state index < -0.39 is 0 Å². The van der Waals surface area contributed by atoms with Crippen molar-refractivity contribution in [3.8, 4) is 0 Å². The van der Waals surface area contributed by atoms with Crippen LogP contribution in [0.25, 0.3) is 0 Å². The highest BCUT2D eigenvalue weighted by Crippen LogP contribution is 2.16. The number of pyridine rings is 1. The van der Waals surface area contributed by atoms with Gasteiger partial charge in [-0.3, -0.25) is 4.79 Å². The summed E-state index contributed by atoms with van der Waals surface area (Å²) in [5.41, 5.74) is 2.24. The van der Waals surface area contributed by atoms with Crippen LogP contribution in [-0.2, 0) is 0 Å². The molecule has 2 rings (SSSR count). The van der Waals surface area contributed by atoms with E-state index in [1.54, 1.807) is 12.1 Å². The third-order valence-electron chi connectivity index (χ3n) is 2.88. The molecule has 0 unspecified atom stereocenters. The molecule has 0 aliphatic carbocycles. The third-order valence-corrected chi connectivity index (χ3v) is 3.17. The number of aromatic nitrogens is 1. The van der Waals surface area contributed by atoms with E-state index in [0.29, 0.717) is 5.56 Å². The van der Waals surface area contributed by atoms with Crippen LogP contribution in [0, 0.1) is 6.92 Å². The topological polar surface area (TPSA) is 42.0 Å². The van der Waals surface area contributed by atoms with Crippen LogP contribution in [0.1, 0.15) is 34.6 Å². The molecule has 0 bridgehead atoms. The van der Waals surface area contributed by atoms with Gasteiger partial charge in [0.2, 0.25) is 0 Å². The van der Waals surface area contributed by atoms with Gasteiger partial charge in [-0.2, -0.15) is 0 Å². The number of nitrogens with one attached hydrogen (secondary N) is 1. The van der Waals surface area contributed by atoms with E-state index >= 15 is 0 Å². The van der Waals surface area contributed by atoms with E-state index in [4.69, 9.17) is 11.6 Å². The molecular formula is C15H15ClN2O. The highest BCUT2D eigenvalue weighted by atomic mass is 35.5. The molecule has 0 saturated heterocycles. The Bertz CT molecular complexity index is 584. The SMILES string of the molecule is Cc1ccc(C(=O)N[C@@H](C)c2ccccc2)c(Cl)n1. The molecule has 19 heavy (non-hydrogen) atoms. The Hall–Kier alpha value is -1.87. The Morgan fingerprint density at radius 1 is 1.21 bits per heavy atom. The van der Waals surface area contributed by atoms with Crippen molar-refractivity contribution in [2.24, 2.45) is 0 Å². The molecule has 0 aliphatic rings. The summed E-state index contributed by atoms with van der Waals surface area (Å²) < 4.78 is 0. The van der Waals surface area contributed by atoms with Gasteiger partial charge in [0.05, 0.1) is 11.6 Å². The van der Waals surface area contributed by atoms with Gasteiger partial charge >= 0.3 is 0 Å². The predicted molar refractivity (Wildman–Crippen MR) is 76.3 cm³/mol. The Morgan fingerprint density at radius 2 is 1.89 bits per heavy atom. The van der Waals surface area contributed by atoms with Gasteiger partial charge < -0.3 is 5.32 Å². The Balaban J connectivity index is 2.13. The fraction of sp³-hybridized carbons (Fsp3) is 0.200. The van der Waals surface area contributed by atoms with E-state index in [1.165, 1.54) is 0 Å². The summed E-state index contributed by atoms with van der Waals surface area (Å²) in [4.78, 5) is 16.2. The van der Waals surface area contributed by atoms with Gasteiger partial charge in [-0.25, -0.2) is 4.98 Å². The fourth-order valence-electron chi connectivity index (χ4n) is 1.79. The van der Waals surface area contributed by atoms with Crippen molar-refractivity contribution >= 4 is 17.5 Å². The first-order chi connectivity index (χ1) is 9.08. The van der Waals surface area contributed by atoms with Gasteiger partial charge in [0.15, 0.2) is 0 Å². The summed E-state index contributed by atoms with van der Waals surface area (Å²) in [5.74, 6) is -0.214. The third kappa shape index (κ3) is 3.32. The second-order valence-corrected chi connectivity index (χ2v) is 4.75. The molecule has 0 aliphatic heterocycles. The zero-order valence-corrected chi connectivity index (χ0v) is 11.6. The second kappa shape index (κ2) is 5.85. The maximum Gasteiger partial charge on any atom is 0.254 e. The van der Waals surface area contributed by atoms with Crippen LogP contribution < -0.4 is 5.32 Å². The number of carbonyl (C=O) groups excluding carboxylic acids is 1. The first-order valence-corrected chi connectivity index (χ1v) is 6.44. The molecule has 1 N–H and O–H groups in total. The van der Waals surface area contributed by atoms with E-state index in [9.17, 15) is 4.79 Å². The Labute approximate surface area is 117 Å². The summed E-state index contributed by atoms with van der Waals surface area (Å²) in [6.07, 6.45) is 0. The van der Waals surface area contributed by atoms with Gasteiger partial charge in [-0.1, -0.05) is 41.9 Å². The molecule has 4 heteroatoms. The molecule has 1 atom stereocenters. The lowest BCUT2D eigenvalue weighted by Crippen LogP contribution is -2.27. The van der Waals surface area contributed by atoms with E-state index in [1.807, 2.05) is 44.2 Å². The molecular weight excluding hydrogens is 260 g/mol. The zero-order chi connectivity index (χ0) is 13.8. The molecule has 0 fully saturated rings. The van der Waals surface area contributed by atoms with Crippen LogP contribution in [0.15, 0.2) is 42.5 Å². The molecule has 2 aromatic rings. The van der Waals surface area contributed by atoms with Gasteiger partial charge in [-0.05, 0) is 31.5 Å². The van der Waals surface area contributed by atoms with Crippen molar-refractivity contribution in [2.45, 2.75) is 19.9 Å². The number of benzene rings is 1. The maximum atomic E-state index is 12.1. The van der Waals surface area contributed by atoms with Crippen LogP contribution in [0.5, 0.6) is 0 Å². The number of hydrogen-bond donors (Lipinski definition) is 1. The minimum Gasteiger partial charge on any atom is -0.345 e. The zero-order valence-electron chi connectivity index (χ0n) is 10.9. The number of carbonyl (C=O) groups is 1. The second-order valence-electron chi connectivity index (χ2n) is 4.40. The standard InChI is InChI=1S/C15H15ClN2O/c1-10-8-9-13(14(16)17-10)15(19)18-11(2)12-6-4-3-5-7-12/h3-9,11H,1-2H3,(H,18,19)/t11-/m0/s1. The van der Waals surface area contributed by atoms with Crippen molar-refractivity contribution in [3.63, 3.8) is 0 Å². The summed E-state index contributed by atoms with van der Waals surface area (Å²) in [7, 11) is 0. The average Bonchev–Trinajstić information content (AvgIpc) is 2.39. The van der Waals surface area contributed by atoms with Crippen molar-refractivity contribution in [3.05, 3.63) is 64.4 Å². The Morgan fingerprint density at radius 3 is 2.53 bits per heavy atom. The van der Waals surface area contributed by atoms with Crippen LogP contribution in [0.3, 0.4) is 0 Å². The van der Waals surface area contributed by atoms with Crippen molar-refractivity contribution in [1.29, 1.82) is 0 Å². The first-order valence-electron chi connectivity index (χ1n) is 6.07. The van der Waals surface area contributed by atoms with Crippen LogP contribution in [0.4, 0.5) is 0 Å². The molecule has 1 heterocycles. The largest absolute Gasteiger partial charge is 0.345 e. The number of rotatable bonds is 3. The number of hydrogen-bond acceptors (Lipinski definition) is 2.